The lowest BCUT2D eigenvalue weighted by molar-refractivity contribution is 0.294. The number of allylic oxidation sites excluding steroid dienone is 2. The number of unbranched alkanes of at least 4 members (excludes halogenated alkanes) is 3. The summed E-state index contributed by atoms with van der Waals surface area (Å²) in [6.45, 7) is 5.41. The van der Waals surface area contributed by atoms with Gasteiger partial charge in [-0.2, -0.15) is 0 Å². The van der Waals surface area contributed by atoms with Crippen molar-refractivity contribution in [3.63, 3.8) is 0 Å². The first-order chi connectivity index (χ1) is 12.8. The highest BCUT2D eigenvalue weighted by molar-refractivity contribution is 5.27. The molecule has 1 fully saturated rings. The largest absolute Gasteiger partial charge is 0.494 e. The van der Waals surface area contributed by atoms with Crippen LogP contribution in [-0.2, 0) is 6.42 Å². The summed E-state index contributed by atoms with van der Waals surface area (Å²) in [5.74, 6) is 2.87. The standard InChI is InChI=1S/C25H40O/c1-3-5-6-9-21-26-25-19-17-24(18-20-25)12-8-7-11-23-15-13-22(10-4-2)14-16-23/h7,11,17-20,22-23H,3-6,8-10,12-16,21H2,1-2H3/b11-7+. The molecular formula is C25H40O. The lowest BCUT2D eigenvalue weighted by Gasteiger charge is -2.26. The molecule has 0 aliphatic heterocycles. The van der Waals surface area contributed by atoms with Gasteiger partial charge in [-0.3, -0.25) is 0 Å². The first-order valence-electron chi connectivity index (χ1n) is 11.2. The van der Waals surface area contributed by atoms with E-state index < -0.39 is 0 Å². The summed E-state index contributed by atoms with van der Waals surface area (Å²) < 4.78 is 5.82. The first-order valence-corrected chi connectivity index (χ1v) is 11.2. The van der Waals surface area contributed by atoms with E-state index in [1.54, 1.807) is 0 Å². The van der Waals surface area contributed by atoms with Crippen LogP contribution in [0.1, 0.15) is 90.0 Å². The Morgan fingerprint density at radius 1 is 0.923 bits per heavy atom. The second-order valence-corrected chi connectivity index (χ2v) is 8.09. The molecular weight excluding hydrogens is 316 g/mol. The van der Waals surface area contributed by atoms with Gasteiger partial charge in [-0.15, -0.1) is 0 Å². The highest BCUT2D eigenvalue weighted by Gasteiger charge is 2.18. The molecule has 146 valence electrons. The molecule has 0 bridgehead atoms. The van der Waals surface area contributed by atoms with Crippen LogP contribution >= 0.6 is 0 Å². The van der Waals surface area contributed by atoms with Gasteiger partial charge < -0.3 is 4.74 Å². The van der Waals surface area contributed by atoms with Gasteiger partial charge in [-0.05, 0) is 74.5 Å². The highest BCUT2D eigenvalue weighted by Crippen LogP contribution is 2.32. The normalized spacial score (nSPS) is 20.5. The van der Waals surface area contributed by atoms with E-state index in [4.69, 9.17) is 4.74 Å². The smallest absolute Gasteiger partial charge is 0.119 e. The van der Waals surface area contributed by atoms with Crippen molar-refractivity contribution in [1.29, 1.82) is 0 Å². The molecule has 1 heteroatoms. The number of rotatable bonds is 12. The second kappa shape index (κ2) is 13.0. The topological polar surface area (TPSA) is 9.23 Å². The molecule has 26 heavy (non-hydrogen) atoms. The van der Waals surface area contributed by atoms with Gasteiger partial charge in [0.25, 0.3) is 0 Å². The van der Waals surface area contributed by atoms with Crippen molar-refractivity contribution in [2.45, 2.75) is 90.9 Å². The van der Waals surface area contributed by atoms with Crippen molar-refractivity contribution >= 4 is 0 Å². The molecule has 0 saturated heterocycles. The zero-order chi connectivity index (χ0) is 18.5. The molecule has 0 aromatic heterocycles. The second-order valence-electron chi connectivity index (χ2n) is 8.09. The van der Waals surface area contributed by atoms with Crippen molar-refractivity contribution in [2.24, 2.45) is 11.8 Å². The summed E-state index contributed by atoms with van der Waals surface area (Å²) in [4.78, 5) is 0. The van der Waals surface area contributed by atoms with Gasteiger partial charge in [0.2, 0.25) is 0 Å². The predicted molar refractivity (Wildman–Crippen MR) is 114 cm³/mol. The Bertz CT molecular complexity index is 479. The molecule has 1 saturated carbocycles. The van der Waals surface area contributed by atoms with Crippen LogP contribution in [-0.4, -0.2) is 6.61 Å². The van der Waals surface area contributed by atoms with Crippen LogP contribution < -0.4 is 4.74 Å². The van der Waals surface area contributed by atoms with Gasteiger partial charge in [-0.25, -0.2) is 0 Å². The third kappa shape index (κ3) is 8.43. The zero-order valence-electron chi connectivity index (χ0n) is 17.2. The average Bonchev–Trinajstić information content (AvgIpc) is 2.68. The molecule has 0 spiro atoms. The SMILES string of the molecule is CCCCCCOc1ccc(CC/C=C/C2CCC(CCC)CC2)cc1. The van der Waals surface area contributed by atoms with Crippen molar-refractivity contribution < 1.29 is 4.74 Å². The van der Waals surface area contributed by atoms with E-state index in [0.29, 0.717) is 0 Å². The maximum atomic E-state index is 5.82. The Hall–Kier alpha value is -1.24. The van der Waals surface area contributed by atoms with Crippen LogP contribution in [0.2, 0.25) is 0 Å². The minimum absolute atomic E-state index is 0.839. The molecule has 1 aromatic rings. The number of hydrogen-bond acceptors (Lipinski definition) is 1. The number of aryl methyl sites for hydroxylation is 1. The summed E-state index contributed by atoms with van der Waals surface area (Å²) in [6, 6.07) is 8.72. The van der Waals surface area contributed by atoms with Crippen molar-refractivity contribution in [3.05, 3.63) is 42.0 Å². The van der Waals surface area contributed by atoms with Crippen molar-refractivity contribution in [2.75, 3.05) is 6.61 Å². The molecule has 1 aliphatic carbocycles. The molecule has 0 N–H and O–H groups in total. The third-order valence-electron chi connectivity index (χ3n) is 5.79. The molecule has 0 radical (unpaired) electrons. The number of hydrogen-bond donors (Lipinski definition) is 0. The van der Waals surface area contributed by atoms with Gasteiger partial charge in [0.15, 0.2) is 0 Å². The van der Waals surface area contributed by atoms with Gasteiger partial charge in [0, 0.05) is 0 Å². The third-order valence-corrected chi connectivity index (χ3v) is 5.79. The Balaban J connectivity index is 1.59. The van der Waals surface area contributed by atoms with Gasteiger partial charge in [-0.1, -0.05) is 70.2 Å². The number of benzene rings is 1. The fourth-order valence-corrected chi connectivity index (χ4v) is 4.09. The lowest BCUT2D eigenvalue weighted by Crippen LogP contribution is -2.12. The zero-order valence-corrected chi connectivity index (χ0v) is 17.2. The summed E-state index contributed by atoms with van der Waals surface area (Å²) in [6.07, 6.45) is 20.8. The summed E-state index contributed by atoms with van der Waals surface area (Å²) in [7, 11) is 0. The van der Waals surface area contributed by atoms with Crippen LogP contribution in [0.5, 0.6) is 5.75 Å². The van der Waals surface area contributed by atoms with Crippen LogP contribution in [0.3, 0.4) is 0 Å². The molecule has 0 unspecified atom stereocenters. The van der Waals surface area contributed by atoms with Crippen molar-refractivity contribution in [1.82, 2.24) is 0 Å². The Morgan fingerprint density at radius 3 is 2.38 bits per heavy atom. The lowest BCUT2D eigenvalue weighted by atomic mass is 9.80. The quantitative estimate of drug-likeness (QED) is 0.275. The van der Waals surface area contributed by atoms with E-state index in [9.17, 15) is 0 Å². The molecule has 0 heterocycles. The van der Waals surface area contributed by atoms with Crippen molar-refractivity contribution in [3.8, 4) is 5.75 Å². The Kier molecular flexibility index (Phi) is 10.5. The molecule has 0 amide bonds. The molecule has 1 aromatic carbocycles. The monoisotopic (exact) mass is 356 g/mol. The van der Waals surface area contributed by atoms with Gasteiger partial charge in [0.05, 0.1) is 6.61 Å². The maximum absolute atomic E-state index is 5.82. The van der Waals surface area contributed by atoms with Gasteiger partial charge >= 0.3 is 0 Å². The van der Waals surface area contributed by atoms with Crippen LogP contribution in [0.15, 0.2) is 36.4 Å². The fourth-order valence-electron chi connectivity index (χ4n) is 4.09. The first kappa shape index (κ1) is 21.1. The van der Waals surface area contributed by atoms with E-state index in [2.05, 4.69) is 50.3 Å². The maximum Gasteiger partial charge on any atom is 0.119 e. The minimum Gasteiger partial charge on any atom is -0.494 e. The molecule has 1 aliphatic rings. The fraction of sp³-hybridized carbons (Fsp3) is 0.680. The minimum atomic E-state index is 0.839. The molecule has 0 atom stereocenters. The Morgan fingerprint density at radius 2 is 1.69 bits per heavy atom. The summed E-state index contributed by atoms with van der Waals surface area (Å²) in [5.41, 5.74) is 1.42. The molecule has 2 rings (SSSR count). The van der Waals surface area contributed by atoms with Crippen LogP contribution in [0, 0.1) is 11.8 Å². The highest BCUT2D eigenvalue weighted by atomic mass is 16.5. The van der Waals surface area contributed by atoms with E-state index in [1.807, 2.05) is 0 Å². The summed E-state index contributed by atoms with van der Waals surface area (Å²) >= 11 is 0. The average molecular weight is 357 g/mol. The predicted octanol–water partition coefficient (Wildman–Crippen LogP) is 7.74. The van der Waals surface area contributed by atoms with Gasteiger partial charge in [0.1, 0.15) is 5.75 Å². The molecule has 1 nitrogen and oxygen atoms in total. The van der Waals surface area contributed by atoms with E-state index in [0.717, 1.165) is 37.0 Å². The van der Waals surface area contributed by atoms with E-state index in [1.165, 1.54) is 69.8 Å². The number of ether oxygens (including phenoxy) is 1. The Labute approximate surface area is 162 Å². The van der Waals surface area contributed by atoms with E-state index in [-0.39, 0.29) is 0 Å². The summed E-state index contributed by atoms with van der Waals surface area (Å²) in [5, 5.41) is 0. The van der Waals surface area contributed by atoms with Crippen LogP contribution in [0.25, 0.3) is 0 Å². The van der Waals surface area contributed by atoms with Crippen LogP contribution in [0.4, 0.5) is 0 Å². The van der Waals surface area contributed by atoms with E-state index >= 15 is 0 Å².